The second-order valence-corrected chi connectivity index (χ2v) is 24.3. The van der Waals surface area contributed by atoms with E-state index in [-0.39, 0.29) is 31.3 Å². The molecule has 1 N–H and O–H groups in total. The van der Waals surface area contributed by atoms with Gasteiger partial charge in [0.05, 0.1) is 33.8 Å². The van der Waals surface area contributed by atoms with E-state index in [0.29, 0.717) is 17.4 Å². The Morgan fingerprint density at radius 3 is 1.23 bits per heavy atom. The molecule has 0 radical (unpaired) electrons. The summed E-state index contributed by atoms with van der Waals surface area (Å²) in [5.41, 5.74) is 0. The van der Waals surface area contributed by atoms with Crippen LogP contribution in [-0.4, -0.2) is 69.4 Å². The van der Waals surface area contributed by atoms with Crippen molar-refractivity contribution in [2.75, 3.05) is 40.9 Å². The number of carbonyl (C=O) groups is 2. The number of likely N-dealkylation sites (N-methyl/N-ethyl adjacent to an activating group) is 1. The number of nitrogens with zero attached hydrogens (tertiary/aromatic N) is 1. The molecule has 10 heteroatoms. The monoisotopic (exact) mass is 1110 g/mol. The molecule has 0 aliphatic rings. The lowest BCUT2D eigenvalue weighted by Crippen LogP contribution is -2.47. The Hall–Kier alpha value is -2.81. The summed E-state index contributed by atoms with van der Waals surface area (Å²) in [4.78, 5) is 40.0. The van der Waals surface area contributed by atoms with Crippen LogP contribution in [0.2, 0.25) is 0 Å². The summed E-state index contributed by atoms with van der Waals surface area (Å²) in [6.07, 6.45) is 75.8. The van der Waals surface area contributed by atoms with Crippen molar-refractivity contribution in [3.8, 4) is 0 Å². The number of allylic oxidation sites excluding steroid dienone is 13. The fourth-order valence-corrected chi connectivity index (χ4v) is 9.86. The van der Waals surface area contributed by atoms with Gasteiger partial charge in [0.2, 0.25) is 5.91 Å². The van der Waals surface area contributed by atoms with Gasteiger partial charge in [0.1, 0.15) is 19.3 Å². The van der Waals surface area contributed by atoms with Crippen molar-refractivity contribution in [2.24, 2.45) is 0 Å². The first-order valence-corrected chi connectivity index (χ1v) is 33.9. The maximum absolute atomic E-state index is 13.5. The van der Waals surface area contributed by atoms with Gasteiger partial charge in [-0.05, 0) is 70.3 Å². The van der Waals surface area contributed by atoms with Crippen LogP contribution in [0.3, 0.4) is 0 Å². The number of ether oxygens (including phenoxy) is 1. The normalized spacial score (nSPS) is 14.2. The fourth-order valence-electron chi connectivity index (χ4n) is 9.13. The highest BCUT2D eigenvalue weighted by Crippen LogP contribution is 2.38. The zero-order chi connectivity index (χ0) is 57.2. The van der Waals surface area contributed by atoms with Crippen molar-refractivity contribution in [1.82, 2.24) is 5.32 Å². The largest absolute Gasteiger partial charge is 0.756 e. The van der Waals surface area contributed by atoms with Gasteiger partial charge in [0.25, 0.3) is 7.82 Å². The lowest BCUT2D eigenvalue weighted by Gasteiger charge is -2.30. The predicted molar refractivity (Wildman–Crippen MR) is 335 cm³/mol. The molecule has 0 aromatic rings. The minimum absolute atomic E-state index is 0.0378. The Labute approximate surface area is 482 Å². The first-order valence-electron chi connectivity index (χ1n) is 32.4. The highest BCUT2D eigenvalue weighted by atomic mass is 31.2. The molecule has 0 rings (SSSR count). The van der Waals surface area contributed by atoms with Crippen LogP contribution < -0.4 is 10.2 Å². The van der Waals surface area contributed by atoms with Crippen molar-refractivity contribution >= 4 is 19.7 Å². The van der Waals surface area contributed by atoms with Crippen molar-refractivity contribution in [3.05, 3.63) is 85.1 Å². The third kappa shape index (κ3) is 57.9. The summed E-state index contributed by atoms with van der Waals surface area (Å²) in [7, 11) is 1.14. The Balaban J connectivity index is 5.28. The first kappa shape index (κ1) is 75.2. The van der Waals surface area contributed by atoms with Crippen molar-refractivity contribution in [1.29, 1.82) is 0 Å². The Morgan fingerprint density at radius 2 is 0.833 bits per heavy atom. The third-order valence-corrected chi connectivity index (χ3v) is 15.1. The van der Waals surface area contributed by atoms with Crippen LogP contribution >= 0.6 is 7.82 Å². The van der Waals surface area contributed by atoms with Gasteiger partial charge >= 0.3 is 5.97 Å². The molecule has 0 saturated heterocycles. The van der Waals surface area contributed by atoms with Gasteiger partial charge in [-0.2, -0.15) is 0 Å². The van der Waals surface area contributed by atoms with Crippen LogP contribution in [-0.2, 0) is 27.9 Å². The lowest BCUT2D eigenvalue weighted by molar-refractivity contribution is -0.870. The standard InChI is InChI=1S/C68H123N2O7P/c1-7-10-13-16-19-22-25-28-30-32-34-35-37-39-41-43-46-49-52-55-58-61-68(72)77-66(59-56-53-50-47-44-27-24-21-18-15-12-9-3)65(64-76-78(73,74)75-63-62-70(4,5)6)69-67(71)60-57-54-51-48-45-42-40-38-36-33-31-29-26-23-20-17-14-11-8-2/h11,14,20,23,29,31,36,38,42,45,51,54,56,59,65-66H,7-10,12-13,15-19,21-22,24-28,30,32-35,37,39-41,43-44,46-50,52-53,55,57-58,60-64H2,1-6H3,(H-,69,71,73,74)/b14-11-,23-20-,31-29-,38-36-,45-42-,54-51-,59-56+. The van der Waals surface area contributed by atoms with E-state index in [4.69, 9.17) is 13.8 Å². The van der Waals surface area contributed by atoms with Gasteiger partial charge in [-0.1, -0.05) is 286 Å². The summed E-state index contributed by atoms with van der Waals surface area (Å²) in [5, 5.41) is 2.98. The summed E-state index contributed by atoms with van der Waals surface area (Å²) < 4.78 is 30.3. The number of nitrogens with one attached hydrogen (secondary N) is 1. The van der Waals surface area contributed by atoms with Crippen LogP contribution in [0.5, 0.6) is 0 Å². The van der Waals surface area contributed by atoms with Crippen LogP contribution in [0.15, 0.2) is 85.1 Å². The molecular weight excluding hydrogens is 988 g/mol. The van der Waals surface area contributed by atoms with Crippen LogP contribution in [0.4, 0.5) is 0 Å². The average molecular weight is 1110 g/mol. The predicted octanol–water partition coefficient (Wildman–Crippen LogP) is 19.5. The quantitative estimate of drug-likeness (QED) is 0.0212. The summed E-state index contributed by atoms with van der Waals surface area (Å²) in [6, 6.07) is -0.931. The number of hydrogen-bond acceptors (Lipinski definition) is 7. The van der Waals surface area contributed by atoms with Crippen LogP contribution in [0, 0.1) is 0 Å². The molecule has 0 aromatic carbocycles. The molecule has 3 atom stereocenters. The van der Waals surface area contributed by atoms with Gasteiger partial charge < -0.3 is 28.5 Å². The van der Waals surface area contributed by atoms with Crippen molar-refractivity contribution in [2.45, 2.75) is 296 Å². The lowest BCUT2D eigenvalue weighted by atomic mass is 10.0. The maximum atomic E-state index is 13.5. The van der Waals surface area contributed by atoms with E-state index in [1.54, 1.807) is 0 Å². The average Bonchev–Trinajstić information content (AvgIpc) is 3.40. The summed E-state index contributed by atoms with van der Waals surface area (Å²) in [5.74, 6) is -0.633. The van der Waals surface area contributed by atoms with E-state index >= 15 is 0 Å². The number of esters is 1. The number of phosphoric acid groups is 1. The molecule has 0 aliphatic carbocycles. The zero-order valence-corrected chi connectivity index (χ0v) is 52.5. The van der Waals surface area contributed by atoms with Gasteiger partial charge in [-0.15, -0.1) is 0 Å². The van der Waals surface area contributed by atoms with E-state index in [1.165, 1.54) is 167 Å². The summed E-state index contributed by atoms with van der Waals surface area (Å²) in [6.45, 7) is 6.69. The second-order valence-electron chi connectivity index (χ2n) is 22.9. The van der Waals surface area contributed by atoms with Gasteiger partial charge in [0.15, 0.2) is 0 Å². The number of unbranched alkanes of at least 4 members (excludes halogenated alkanes) is 30. The van der Waals surface area contributed by atoms with Crippen molar-refractivity contribution in [3.63, 3.8) is 0 Å². The number of amides is 1. The molecule has 1 amide bonds. The van der Waals surface area contributed by atoms with Crippen LogP contribution in [0.1, 0.15) is 284 Å². The summed E-state index contributed by atoms with van der Waals surface area (Å²) >= 11 is 0. The molecule has 452 valence electrons. The highest BCUT2D eigenvalue weighted by Gasteiger charge is 2.27. The van der Waals surface area contributed by atoms with Gasteiger partial charge in [0, 0.05) is 12.8 Å². The smallest absolute Gasteiger partial charge is 0.306 e. The molecule has 0 bridgehead atoms. The van der Waals surface area contributed by atoms with E-state index in [9.17, 15) is 19.0 Å². The number of carbonyl (C=O) groups excluding carboxylic acids is 2. The minimum Gasteiger partial charge on any atom is -0.756 e. The Bertz CT molecular complexity index is 1610. The van der Waals surface area contributed by atoms with E-state index < -0.39 is 26.6 Å². The number of rotatable bonds is 58. The Morgan fingerprint density at radius 1 is 0.462 bits per heavy atom. The van der Waals surface area contributed by atoms with Gasteiger partial charge in [-0.25, -0.2) is 0 Å². The number of quaternary nitrogens is 1. The molecule has 0 aromatic heterocycles. The number of hydrogen-bond donors (Lipinski definition) is 1. The molecule has 9 nitrogen and oxygen atoms in total. The molecule has 3 unspecified atom stereocenters. The van der Waals surface area contributed by atoms with Crippen LogP contribution in [0.25, 0.3) is 0 Å². The molecule has 0 fully saturated rings. The van der Waals surface area contributed by atoms with E-state index in [0.717, 1.165) is 77.0 Å². The number of phosphoric ester groups is 1. The topological polar surface area (TPSA) is 114 Å². The molecule has 0 heterocycles. The highest BCUT2D eigenvalue weighted by molar-refractivity contribution is 7.45. The van der Waals surface area contributed by atoms with E-state index in [2.05, 4.69) is 86.8 Å². The minimum atomic E-state index is -4.72. The molecule has 78 heavy (non-hydrogen) atoms. The third-order valence-electron chi connectivity index (χ3n) is 14.1. The maximum Gasteiger partial charge on any atom is 0.306 e. The van der Waals surface area contributed by atoms with Crippen molar-refractivity contribution < 1.29 is 37.3 Å². The Kier molecular flexibility index (Phi) is 55.4. The molecular formula is C68H123N2O7P. The second kappa shape index (κ2) is 57.4. The van der Waals surface area contributed by atoms with Gasteiger partial charge in [-0.3, -0.25) is 14.2 Å². The molecule has 0 aliphatic heterocycles. The molecule has 0 saturated carbocycles. The zero-order valence-electron chi connectivity index (χ0n) is 51.6. The molecule has 0 spiro atoms. The first-order chi connectivity index (χ1) is 37.9. The SMILES string of the molecule is CC/C=C\C/C=C\C/C=C\C/C=C\C/C=C\C/C=C\CCC(=O)NC(COP(=O)([O-])OCC[N+](C)(C)C)C(/C=C/CCCCCCCCCCCC)OC(=O)CCCCCCCCCCCCCCCCCCCCCCC. The van der Waals surface area contributed by atoms with E-state index in [1.807, 2.05) is 45.4 Å². The fraction of sp³-hybridized carbons (Fsp3) is 0.765.